The third-order valence-electron chi connectivity index (χ3n) is 5.10. The van der Waals surface area contributed by atoms with Crippen LogP contribution in [0.3, 0.4) is 0 Å². The summed E-state index contributed by atoms with van der Waals surface area (Å²) in [6.45, 7) is 4.17. The number of likely N-dealkylation sites (tertiary alicyclic amines) is 1. The standard InChI is InChI=1S/C19H28N2O/c1-15-9-11-16(12-10-15)18(21-13-5-2-6-14-21)19(22)20-17-7-3-4-8-17/h9-12,17-18H,2-8,13-14H2,1H3,(H,20,22)/t18-/m0/s1. The van der Waals surface area contributed by atoms with Crippen LogP contribution in [0.2, 0.25) is 0 Å². The van der Waals surface area contributed by atoms with Crippen molar-refractivity contribution >= 4 is 5.91 Å². The van der Waals surface area contributed by atoms with Gasteiger partial charge in [0.1, 0.15) is 6.04 Å². The van der Waals surface area contributed by atoms with Crippen molar-refractivity contribution in [2.75, 3.05) is 13.1 Å². The monoisotopic (exact) mass is 300 g/mol. The minimum Gasteiger partial charge on any atom is -0.352 e. The Bertz CT molecular complexity index is 485. The first-order valence-corrected chi connectivity index (χ1v) is 8.85. The van der Waals surface area contributed by atoms with Gasteiger partial charge >= 0.3 is 0 Å². The molecule has 3 heteroatoms. The maximum Gasteiger partial charge on any atom is 0.242 e. The molecular formula is C19H28N2O. The van der Waals surface area contributed by atoms with E-state index in [2.05, 4.69) is 41.4 Å². The Morgan fingerprint density at radius 2 is 1.68 bits per heavy atom. The fourth-order valence-electron chi connectivity index (χ4n) is 3.80. The van der Waals surface area contributed by atoms with Gasteiger partial charge in [-0.15, -0.1) is 0 Å². The van der Waals surface area contributed by atoms with Crippen molar-refractivity contribution < 1.29 is 4.79 Å². The van der Waals surface area contributed by atoms with E-state index < -0.39 is 0 Å². The van der Waals surface area contributed by atoms with Crippen molar-refractivity contribution in [1.29, 1.82) is 0 Å². The summed E-state index contributed by atoms with van der Waals surface area (Å²) < 4.78 is 0. The third kappa shape index (κ3) is 3.70. The molecule has 1 aromatic carbocycles. The lowest BCUT2D eigenvalue weighted by molar-refractivity contribution is -0.127. The molecule has 22 heavy (non-hydrogen) atoms. The third-order valence-corrected chi connectivity index (χ3v) is 5.10. The summed E-state index contributed by atoms with van der Waals surface area (Å²) in [5, 5.41) is 3.31. The molecule has 2 aliphatic rings. The highest BCUT2D eigenvalue weighted by molar-refractivity contribution is 5.83. The van der Waals surface area contributed by atoms with Crippen molar-refractivity contribution in [3.63, 3.8) is 0 Å². The number of amides is 1. The van der Waals surface area contributed by atoms with Crippen LogP contribution in [0.4, 0.5) is 0 Å². The van der Waals surface area contributed by atoms with Gasteiger partial charge in [-0.25, -0.2) is 0 Å². The SMILES string of the molecule is Cc1ccc([C@@H](C(=O)NC2CCCC2)N2CCCCC2)cc1. The molecule has 1 atom stereocenters. The topological polar surface area (TPSA) is 32.3 Å². The van der Waals surface area contributed by atoms with E-state index >= 15 is 0 Å². The van der Waals surface area contributed by atoms with Gasteiger partial charge < -0.3 is 5.32 Å². The number of benzene rings is 1. The second-order valence-electron chi connectivity index (χ2n) is 6.90. The molecule has 2 fully saturated rings. The molecule has 1 aromatic rings. The normalized spacial score (nSPS) is 21.7. The fourth-order valence-corrected chi connectivity index (χ4v) is 3.80. The van der Waals surface area contributed by atoms with E-state index in [0.29, 0.717) is 6.04 Å². The number of aryl methyl sites for hydroxylation is 1. The molecule has 0 radical (unpaired) electrons. The average molecular weight is 300 g/mol. The molecule has 0 spiro atoms. The molecule has 0 unspecified atom stereocenters. The van der Waals surface area contributed by atoms with Crippen molar-refractivity contribution in [3.05, 3.63) is 35.4 Å². The maximum atomic E-state index is 12.9. The van der Waals surface area contributed by atoms with E-state index in [1.54, 1.807) is 0 Å². The first kappa shape index (κ1) is 15.5. The van der Waals surface area contributed by atoms with Crippen molar-refractivity contribution in [2.45, 2.75) is 64.0 Å². The number of nitrogens with one attached hydrogen (secondary N) is 1. The maximum absolute atomic E-state index is 12.9. The molecule has 0 bridgehead atoms. The van der Waals surface area contributed by atoms with Crippen molar-refractivity contribution in [1.82, 2.24) is 10.2 Å². The second kappa shape index (κ2) is 7.28. The number of piperidine rings is 1. The number of hydrogen-bond acceptors (Lipinski definition) is 2. The second-order valence-corrected chi connectivity index (χ2v) is 6.90. The number of hydrogen-bond donors (Lipinski definition) is 1. The first-order valence-electron chi connectivity index (χ1n) is 8.85. The quantitative estimate of drug-likeness (QED) is 0.922. The summed E-state index contributed by atoms with van der Waals surface area (Å²) in [4.78, 5) is 15.3. The zero-order valence-corrected chi connectivity index (χ0v) is 13.7. The van der Waals surface area contributed by atoms with Gasteiger partial charge in [0.15, 0.2) is 0 Å². The van der Waals surface area contributed by atoms with Crippen LogP contribution in [0.5, 0.6) is 0 Å². The Hall–Kier alpha value is -1.35. The number of nitrogens with zero attached hydrogens (tertiary/aromatic N) is 1. The van der Waals surface area contributed by atoms with Crippen molar-refractivity contribution in [3.8, 4) is 0 Å². The lowest BCUT2D eigenvalue weighted by Crippen LogP contribution is -2.45. The van der Waals surface area contributed by atoms with E-state index in [0.717, 1.165) is 31.5 Å². The molecule has 3 rings (SSSR count). The molecule has 1 saturated heterocycles. The van der Waals surface area contributed by atoms with Crippen molar-refractivity contribution in [2.24, 2.45) is 0 Å². The van der Waals surface area contributed by atoms with Gasteiger partial charge in [-0.3, -0.25) is 9.69 Å². The zero-order valence-electron chi connectivity index (χ0n) is 13.7. The van der Waals surface area contributed by atoms with E-state index in [4.69, 9.17) is 0 Å². The summed E-state index contributed by atoms with van der Waals surface area (Å²) in [6, 6.07) is 8.78. The van der Waals surface area contributed by atoms with Gasteiger partial charge in [0.05, 0.1) is 0 Å². The molecule has 3 nitrogen and oxygen atoms in total. The largest absolute Gasteiger partial charge is 0.352 e. The van der Waals surface area contributed by atoms with Crippen LogP contribution < -0.4 is 5.32 Å². The predicted molar refractivity (Wildman–Crippen MR) is 89.7 cm³/mol. The Morgan fingerprint density at radius 1 is 1.05 bits per heavy atom. The minimum atomic E-state index is -0.110. The summed E-state index contributed by atoms with van der Waals surface area (Å²) in [7, 11) is 0. The fraction of sp³-hybridized carbons (Fsp3) is 0.632. The molecule has 1 N–H and O–H groups in total. The van der Waals surface area contributed by atoms with Gasteiger partial charge in [-0.05, 0) is 51.3 Å². The lowest BCUT2D eigenvalue weighted by Gasteiger charge is -2.34. The Balaban J connectivity index is 1.77. The van der Waals surface area contributed by atoms with E-state index in [1.807, 2.05) is 0 Å². The lowest BCUT2D eigenvalue weighted by atomic mass is 9.99. The highest BCUT2D eigenvalue weighted by Gasteiger charge is 2.30. The molecule has 120 valence electrons. The molecule has 1 amide bonds. The van der Waals surface area contributed by atoms with Gasteiger partial charge in [0.2, 0.25) is 5.91 Å². The molecule has 1 aliphatic carbocycles. The van der Waals surface area contributed by atoms with Crippen LogP contribution in [0, 0.1) is 6.92 Å². The molecule has 1 heterocycles. The minimum absolute atomic E-state index is 0.110. The molecule has 1 aliphatic heterocycles. The summed E-state index contributed by atoms with van der Waals surface area (Å²) >= 11 is 0. The summed E-state index contributed by atoms with van der Waals surface area (Å²) in [6.07, 6.45) is 8.51. The Kier molecular flexibility index (Phi) is 5.14. The van der Waals surface area contributed by atoms with Gasteiger partial charge in [0.25, 0.3) is 0 Å². The van der Waals surface area contributed by atoms with Crippen LogP contribution in [-0.2, 0) is 4.79 Å². The van der Waals surface area contributed by atoms with E-state index in [9.17, 15) is 4.79 Å². The molecule has 1 saturated carbocycles. The van der Waals surface area contributed by atoms with Crippen LogP contribution in [-0.4, -0.2) is 29.9 Å². The first-order chi connectivity index (χ1) is 10.7. The number of rotatable bonds is 4. The van der Waals surface area contributed by atoms with Crippen LogP contribution in [0.25, 0.3) is 0 Å². The van der Waals surface area contributed by atoms with Crippen LogP contribution in [0.1, 0.15) is 62.1 Å². The number of carbonyl (C=O) groups is 1. The van der Waals surface area contributed by atoms with Gasteiger partial charge in [-0.1, -0.05) is 49.1 Å². The van der Waals surface area contributed by atoms with E-state index in [-0.39, 0.29) is 11.9 Å². The molecule has 0 aromatic heterocycles. The van der Waals surface area contributed by atoms with Crippen LogP contribution in [0.15, 0.2) is 24.3 Å². The average Bonchev–Trinajstić information content (AvgIpc) is 3.03. The smallest absolute Gasteiger partial charge is 0.242 e. The van der Waals surface area contributed by atoms with E-state index in [1.165, 1.54) is 37.7 Å². The van der Waals surface area contributed by atoms with Gasteiger partial charge in [-0.2, -0.15) is 0 Å². The van der Waals surface area contributed by atoms with Gasteiger partial charge in [0, 0.05) is 6.04 Å². The Labute approximate surface area is 134 Å². The number of carbonyl (C=O) groups excluding carboxylic acids is 1. The predicted octanol–water partition coefficient (Wildman–Crippen LogP) is 3.58. The summed E-state index contributed by atoms with van der Waals surface area (Å²) in [5.41, 5.74) is 2.39. The Morgan fingerprint density at radius 3 is 2.32 bits per heavy atom. The summed E-state index contributed by atoms with van der Waals surface area (Å²) in [5.74, 6) is 0.206. The highest BCUT2D eigenvalue weighted by Crippen LogP contribution is 2.26. The van der Waals surface area contributed by atoms with Crippen LogP contribution >= 0.6 is 0 Å². The zero-order chi connectivity index (χ0) is 15.4. The highest BCUT2D eigenvalue weighted by atomic mass is 16.2. The molecular weight excluding hydrogens is 272 g/mol.